The first-order chi connectivity index (χ1) is 13.6. The Morgan fingerprint density at radius 3 is 2.50 bits per heavy atom. The molecule has 2 aromatic carbocycles. The Morgan fingerprint density at radius 1 is 1.14 bits per heavy atom. The van der Waals surface area contributed by atoms with Crippen LogP contribution in [-0.4, -0.2) is 16.6 Å². The summed E-state index contributed by atoms with van der Waals surface area (Å²) in [5.41, 5.74) is 2.44. The Balaban J connectivity index is 1.91. The van der Waals surface area contributed by atoms with Gasteiger partial charge in [-0.1, -0.05) is 31.0 Å². The first-order valence-corrected chi connectivity index (χ1v) is 9.22. The highest BCUT2D eigenvalue weighted by molar-refractivity contribution is 5.68. The van der Waals surface area contributed by atoms with Crippen molar-refractivity contribution < 1.29 is 4.74 Å². The van der Waals surface area contributed by atoms with E-state index in [0.29, 0.717) is 17.9 Å². The Hall–Kier alpha value is -3.59. The number of hydrogen-bond acceptors (Lipinski definition) is 5. The van der Waals surface area contributed by atoms with E-state index in [0.717, 1.165) is 29.8 Å². The van der Waals surface area contributed by atoms with Gasteiger partial charge < -0.3 is 10.1 Å². The zero-order valence-electron chi connectivity index (χ0n) is 16.0. The fraction of sp³-hybridized carbons (Fsp3) is 0.227. The van der Waals surface area contributed by atoms with E-state index in [1.54, 1.807) is 12.1 Å². The third-order valence-electron chi connectivity index (χ3n) is 4.24. The minimum Gasteiger partial charge on any atom is -0.494 e. The summed E-state index contributed by atoms with van der Waals surface area (Å²) < 4.78 is 5.66. The molecule has 0 saturated heterocycles. The molecule has 0 aliphatic heterocycles. The first-order valence-electron chi connectivity index (χ1n) is 9.22. The van der Waals surface area contributed by atoms with Crippen LogP contribution in [0, 0.1) is 18.3 Å². The molecule has 6 heteroatoms. The van der Waals surface area contributed by atoms with Crippen molar-refractivity contribution in [1.29, 1.82) is 5.26 Å². The Bertz CT molecular complexity index is 1030. The molecule has 1 heterocycles. The Labute approximate surface area is 163 Å². The minimum atomic E-state index is -0.481. The molecular formula is C22H22N4O2. The lowest BCUT2D eigenvalue weighted by Gasteiger charge is -2.10. The molecule has 0 radical (unpaired) electrons. The molecule has 1 aromatic heterocycles. The van der Waals surface area contributed by atoms with Gasteiger partial charge in [-0.2, -0.15) is 5.26 Å². The molecule has 3 rings (SSSR count). The van der Waals surface area contributed by atoms with Crippen LogP contribution in [0.15, 0.2) is 53.3 Å². The summed E-state index contributed by atoms with van der Waals surface area (Å²) in [6.45, 7) is 4.77. The number of H-pyrrole nitrogens is 1. The topological polar surface area (TPSA) is 90.8 Å². The van der Waals surface area contributed by atoms with Crippen molar-refractivity contribution in [3.63, 3.8) is 0 Å². The van der Waals surface area contributed by atoms with Crippen LogP contribution in [0.5, 0.6) is 5.75 Å². The smallest absolute Gasteiger partial charge is 0.270 e. The highest BCUT2D eigenvalue weighted by Gasteiger charge is 2.13. The van der Waals surface area contributed by atoms with Crippen molar-refractivity contribution in [2.75, 3.05) is 11.9 Å². The van der Waals surface area contributed by atoms with Crippen LogP contribution in [0.25, 0.3) is 11.3 Å². The van der Waals surface area contributed by atoms with Gasteiger partial charge in [-0.3, -0.25) is 9.78 Å². The van der Waals surface area contributed by atoms with E-state index < -0.39 is 5.56 Å². The van der Waals surface area contributed by atoms with Crippen molar-refractivity contribution in [3.8, 4) is 23.1 Å². The monoisotopic (exact) mass is 374 g/mol. The fourth-order valence-corrected chi connectivity index (χ4v) is 2.66. The molecule has 0 saturated carbocycles. The lowest BCUT2D eigenvalue weighted by atomic mass is 10.1. The second-order valence-corrected chi connectivity index (χ2v) is 6.47. The van der Waals surface area contributed by atoms with Crippen LogP contribution in [-0.2, 0) is 0 Å². The van der Waals surface area contributed by atoms with E-state index in [1.807, 2.05) is 49.4 Å². The van der Waals surface area contributed by atoms with Gasteiger partial charge in [0, 0.05) is 11.3 Å². The molecule has 0 amide bonds. The van der Waals surface area contributed by atoms with Crippen LogP contribution < -0.4 is 15.6 Å². The van der Waals surface area contributed by atoms with Gasteiger partial charge in [0.1, 0.15) is 17.4 Å². The molecule has 142 valence electrons. The number of unbranched alkanes of at least 4 members (excludes halogenated alkanes) is 1. The van der Waals surface area contributed by atoms with Gasteiger partial charge in [0.15, 0.2) is 0 Å². The maximum Gasteiger partial charge on any atom is 0.270 e. The van der Waals surface area contributed by atoms with E-state index in [9.17, 15) is 10.1 Å². The van der Waals surface area contributed by atoms with Crippen molar-refractivity contribution in [3.05, 3.63) is 70.0 Å². The van der Waals surface area contributed by atoms with Crippen LogP contribution in [0.2, 0.25) is 0 Å². The first kappa shape index (κ1) is 19.2. The number of aryl methyl sites for hydroxylation is 1. The number of hydrogen-bond donors (Lipinski definition) is 2. The fourth-order valence-electron chi connectivity index (χ4n) is 2.66. The third kappa shape index (κ3) is 4.57. The van der Waals surface area contributed by atoms with E-state index in [1.165, 1.54) is 0 Å². The largest absolute Gasteiger partial charge is 0.494 e. The second kappa shape index (κ2) is 8.87. The molecule has 0 aliphatic rings. The summed E-state index contributed by atoms with van der Waals surface area (Å²) in [6, 6.07) is 16.9. The molecule has 0 fully saturated rings. The lowest BCUT2D eigenvalue weighted by Crippen LogP contribution is -2.16. The summed E-state index contributed by atoms with van der Waals surface area (Å²) in [6.07, 6.45) is 2.06. The number of benzene rings is 2. The SMILES string of the molecule is CCCCOc1ccc(-c2nc(Nc3ccc(C)cc3)[nH]c(=O)c2C#N)cc1. The van der Waals surface area contributed by atoms with Gasteiger partial charge >= 0.3 is 0 Å². The molecule has 0 bridgehead atoms. The Kier molecular flexibility index (Phi) is 6.07. The normalized spacial score (nSPS) is 10.3. The van der Waals surface area contributed by atoms with Gasteiger partial charge in [-0.25, -0.2) is 4.98 Å². The average molecular weight is 374 g/mol. The predicted octanol–water partition coefficient (Wildman–Crippen LogP) is 4.54. The van der Waals surface area contributed by atoms with E-state index in [4.69, 9.17) is 4.74 Å². The van der Waals surface area contributed by atoms with Gasteiger partial charge in [-0.15, -0.1) is 0 Å². The van der Waals surface area contributed by atoms with E-state index >= 15 is 0 Å². The number of nitriles is 1. The zero-order chi connectivity index (χ0) is 19.9. The maximum atomic E-state index is 12.4. The summed E-state index contributed by atoms with van der Waals surface area (Å²) in [4.78, 5) is 19.5. The number of ether oxygens (including phenoxy) is 1. The Morgan fingerprint density at radius 2 is 1.86 bits per heavy atom. The van der Waals surface area contributed by atoms with Crippen molar-refractivity contribution in [1.82, 2.24) is 9.97 Å². The molecule has 2 N–H and O–H groups in total. The van der Waals surface area contributed by atoms with Gasteiger partial charge in [0.05, 0.1) is 12.3 Å². The standard InChI is InChI=1S/C22H22N4O2/c1-3-4-13-28-18-11-7-16(8-12-18)20-19(14-23)21(27)26-22(25-20)24-17-9-5-15(2)6-10-17/h5-12H,3-4,13H2,1-2H3,(H2,24,25,26,27). The molecule has 3 aromatic rings. The summed E-state index contributed by atoms with van der Waals surface area (Å²) in [7, 11) is 0. The number of aromatic nitrogens is 2. The van der Waals surface area contributed by atoms with Crippen LogP contribution in [0.1, 0.15) is 30.9 Å². The number of aromatic amines is 1. The highest BCUT2D eigenvalue weighted by atomic mass is 16.5. The molecule has 0 aliphatic carbocycles. The van der Waals surface area contributed by atoms with E-state index in [-0.39, 0.29) is 11.5 Å². The summed E-state index contributed by atoms with van der Waals surface area (Å²) in [5, 5.41) is 12.5. The van der Waals surface area contributed by atoms with E-state index in [2.05, 4.69) is 22.2 Å². The number of rotatable bonds is 7. The predicted molar refractivity (Wildman–Crippen MR) is 110 cm³/mol. The molecule has 0 atom stereocenters. The molecule has 0 spiro atoms. The molecular weight excluding hydrogens is 352 g/mol. The second-order valence-electron chi connectivity index (χ2n) is 6.47. The van der Waals surface area contributed by atoms with Crippen LogP contribution in [0.3, 0.4) is 0 Å². The quantitative estimate of drug-likeness (QED) is 0.593. The van der Waals surface area contributed by atoms with Crippen LogP contribution >= 0.6 is 0 Å². The average Bonchev–Trinajstić information content (AvgIpc) is 2.70. The van der Waals surface area contributed by atoms with Crippen LogP contribution in [0.4, 0.5) is 11.6 Å². The summed E-state index contributed by atoms with van der Waals surface area (Å²) >= 11 is 0. The van der Waals surface area contributed by atoms with Crippen molar-refractivity contribution in [2.24, 2.45) is 0 Å². The highest BCUT2D eigenvalue weighted by Crippen LogP contribution is 2.24. The van der Waals surface area contributed by atoms with Crippen molar-refractivity contribution in [2.45, 2.75) is 26.7 Å². The zero-order valence-corrected chi connectivity index (χ0v) is 16.0. The molecule has 0 unspecified atom stereocenters. The summed E-state index contributed by atoms with van der Waals surface area (Å²) in [5.74, 6) is 1.03. The van der Waals surface area contributed by atoms with Crippen molar-refractivity contribution >= 4 is 11.6 Å². The third-order valence-corrected chi connectivity index (χ3v) is 4.24. The van der Waals surface area contributed by atoms with Gasteiger partial charge in [-0.05, 0) is 49.7 Å². The number of anilines is 2. The minimum absolute atomic E-state index is 0.0193. The number of nitrogens with one attached hydrogen (secondary N) is 2. The van der Waals surface area contributed by atoms with Gasteiger partial charge in [0.25, 0.3) is 5.56 Å². The molecule has 6 nitrogen and oxygen atoms in total. The lowest BCUT2D eigenvalue weighted by molar-refractivity contribution is 0.309. The maximum absolute atomic E-state index is 12.4. The number of nitrogens with zero attached hydrogens (tertiary/aromatic N) is 2. The molecule has 28 heavy (non-hydrogen) atoms. The van der Waals surface area contributed by atoms with Gasteiger partial charge in [0.2, 0.25) is 5.95 Å².